The first-order valence-electron chi connectivity index (χ1n) is 5.33. The first-order chi connectivity index (χ1) is 6.27. The Bertz CT molecular complexity index is 193. The van der Waals surface area contributed by atoms with Crippen molar-refractivity contribution >= 4 is 12.6 Å². The number of allylic oxidation sites excluding steroid dienone is 3. The van der Waals surface area contributed by atoms with E-state index in [1.807, 2.05) is 0 Å². The average molecular weight is 196 g/mol. The molecule has 74 valence electrons. The fraction of sp³-hybridized carbons (Fsp3) is 0.667. The zero-order valence-corrected chi connectivity index (χ0v) is 9.39. The van der Waals surface area contributed by atoms with Gasteiger partial charge in [0.1, 0.15) is 0 Å². The molecule has 0 saturated heterocycles. The summed E-state index contributed by atoms with van der Waals surface area (Å²) in [5.41, 5.74) is 0. The van der Waals surface area contributed by atoms with Crippen LogP contribution in [0.4, 0.5) is 0 Å². The Morgan fingerprint density at radius 3 is 2.69 bits per heavy atom. The Balaban J connectivity index is 2.19. The van der Waals surface area contributed by atoms with Crippen molar-refractivity contribution in [3.63, 3.8) is 0 Å². The van der Waals surface area contributed by atoms with Crippen LogP contribution < -0.4 is 0 Å². The zero-order valence-electron chi connectivity index (χ0n) is 8.50. The number of unbranched alkanes of at least 4 members (excludes halogenated alkanes) is 3. The molecule has 0 heterocycles. The SMILES string of the molecule is CCCCCCC1(S)C=CC=CC1. The molecule has 0 aromatic carbocycles. The molecule has 0 nitrogen and oxygen atoms in total. The summed E-state index contributed by atoms with van der Waals surface area (Å²) >= 11 is 4.71. The summed E-state index contributed by atoms with van der Waals surface area (Å²) in [7, 11) is 0. The number of rotatable bonds is 5. The lowest BCUT2D eigenvalue weighted by Crippen LogP contribution is -2.18. The van der Waals surface area contributed by atoms with Crippen LogP contribution in [0.2, 0.25) is 0 Å². The van der Waals surface area contributed by atoms with E-state index in [0.717, 1.165) is 6.42 Å². The predicted octanol–water partition coefficient (Wildman–Crippen LogP) is 4.14. The van der Waals surface area contributed by atoms with Crippen LogP contribution in [0.1, 0.15) is 45.4 Å². The summed E-state index contributed by atoms with van der Waals surface area (Å²) < 4.78 is 0.155. The standard InChI is InChI=1S/C12H20S/c1-2-3-4-6-9-12(13)10-7-5-8-11-12/h5,7-8,10,13H,2-4,6,9,11H2,1H3. The monoisotopic (exact) mass is 196 g/mol. The normalized spacial score (nSPS) is 26.6. The van der Waals surface area contributed by atoms with Crippen molar-refractivity contribution in [2.24, 2.45) is 0 Å². The van der Waals surface area contributed by atoms with Gasteiger partial charge >= 0.3 is 0 Å². The first kappa shape index (κ1) is 10.9. The smallest absolute Gasteiger partial charge is 0.0346 e. The van der Waals surface area contributed by atoms with Gasteiger partial charge in [-0.1, -0.05) is 56.9 Å². The highest BCUT2D eigenvalue weighted by Crippen LogP contribution is 2.30. The zero-order chi connectivity index (χ0) is 9.57. The third-order valence-electron chi connectivity index (χ3n) is 2.59. The van der Waals surface area contributed by atoms with Crippen molar-refractivity contribution in [2.75, 3.05) is 0 Å². The summed E-state index contributed by atoms with van der Waals surface area (Å²) in [6.45, 7) is 2.25. The minimum Gasteiger partial charge on any atom is -0.168 e. The third-order valence-corrected chi connectivity index (χ3v) is 3.14. The van der Waals surface area contributed by atoms with E-state index < -0.39 is 0 Å². The van der Waals surface area contributed by atoms with Crippen LogP contribution >= 0.6 is 12.6 Å². The van der Waals surface area contributed by atoms with E-state index in [4.69, 9.17) is 12.6 Å². The maximum Gasteiger partial charge on any atom is 0.0346 e. The van der Waals surface area contributed by atoms with E-state index in [1.165, 1.54) is 32.1 Å². The van der Waals surface area contributed by atoms with Crippen molar-refractivity contribution in [3.05, 3.63) is 24.3 Å². The minimum absolute atomic E-state index is 0.155. The van der Waals surface area contributed by atoms with Gasteiger partial charge in [-0.15, -0.1) is 0 Å². The molecule has 0 aliphatic heterocycles. The van der Waals surface area contributed by atoms with Crippen molar-refractivity contribution in [1.82, 2.24) is 0 Å². The first-order valence-corrected chi connectivity index (χ1v) is 5.78. The maximum atomic E-state index is 4.71. The summed E-state index contributed by atoms with van der Waals surface area (Å²) in [4.78, 5) is 0. The van der Waals surface area contributed by atoms with E-state index >= 15 is 0 Å². The van der Waals surface area contributed by atoms with Crippen molar-refractivity contribution in [2.45, 2.75) is 50.2 Å². The Labute approximate surface area is 87.5 Å². The van der Waals surface area contributed by atoms with E-state index in [-0.39, 0.29) is 4.75 Å². The fourth-order valence-corrected chi connectivity index (χ4v) is 2.05. The van der Waals surface area contributed by atoms with Gasteiger partial charge in [-0.05, 0) is 12.8 Å². The van der Waals surface area contributed by atoms with Gasteiger partial charge in [0.15, 0.2) is 0 Å². The fourth-order valence-electron chi connectivity index (χ4n) is 1.70. The molecule has 0 radical (unpaired) electrons. The van der Waals surface area contributed by atoms with Crippen molar-refractivity contribution < 1.29 is 0 Å². The molecule has 1 atom stereocenters. The molecule has 1 rings (SSSR count). The van der Waals surface area contributed by atoms with Crippen LogP contribution in [-0.2, 0) is 0 Å². The summed E-state index contributed by atoms with van der Waals surface area (Å²) in [6.07, 6.45) is 16.4. The second kappa shape index (κ2) is 5.54. The molecule has 1 heteroatoms. The molecular weight excluding hydrogens is 176 g/mol. The Hall–Kier alpha value is -0.170. The van der Waals surface area contributed by atoms with E-state index in [2.05, 4.69) is 31.2 Å². The molecule has 0 amide bonds. The highest BCUT2D eigenvalue weighted by Gasteiger charge is 2.20. The molecule has 1 aliphatic carbocycles. The van der Waals surface area contributed by atoms with Crippen molar-refractivity contribution in [1.29, 1.82) is 0 Å². The summed E-state index contributed by atoms with van der Waals surface area (Å²) in [5.74, 6) is 0. The van der Waals surface area contributed by atoms with E-state index in [1.54, 1.807) is 0 Å². The van der Waals surface area contributed by atoms with Crippen LogP contribution in [0, 0.1) is 0 Å². The molecule has 0 bridgehead atoms. The van der Waals surface area contributed by atoms with Crippen LogP contribution in [-0.4, -0.2) is 4.75 Å². The van der Waals surface area contributed by atoms with Gasteiger partial charge in [0.2, 0.25) is 0 Å². The summed E-state index contributed by atoms with van der Waals surface area (Å²) in [5, 5.41) is 0. The molecule has 0 aromatic rings. The molecule has 1 aliphatic rings. The topological polar surface area (TPSA) is 0 Å². The Morgan fingerprint density at radius 1 is 1.23 bits per heavy atom. The Kier molecular flexibility index (Phi) is 4.65. The Morgan fingerprint density at radius 2 is 2.08 bits per heavy atom. The van der Waals surface area contributed by atoms with Gasteiger partial charge in [0, 0.05) is 4.75 Å². The molecular formula is C12H20S. The second-order valence-corrected chi connectivity index (χ2v) is 4.80. The number of hydrogen-bond donors (Lipinski definition) is 1. The molecule has 0 aromatic heterocycles. The molecule has 0 fully saturated rings. The van der Waals surface area contributed by atoms with Gasteiger partial charge in [-0.3, -0.25) is 0 Å². The van der Waals surface area contributed by atoms with Crippen LogP contribution in [0.3, 0.4) is 0 Å². The maximum absolute atomic E-state index is 4.71. The summed E-state index contributed by atoms with van der Waals surface area (Å²) in [6, 6.07) is 0. The van der Waals surface area contributed by atoms with Crippen LogP contribution in [0.5, 0.6) is 0 Å². The van der Waals surface area contributed by atoms with Gasteiger partial charge < -0.3 is 0 Å². The number of thiol groups is 1. The van der Waals surface area contributed by atoms with Gasteiger partial charge in [0.25, 0.3) is 0 Å². The average Bonchev–Trinajstić information content (AvgIpc) is 2.14. The lowest BCUT2D eigenvalue weighted by molar-refractivity contribution is 0.566. The highest BCUT2D eigenvalue weighted by atomic mass is 32.1. The van der Waals surface area contributed by atoms with E-state index in [0.29, 0.717) is 0 Å². The van der Waals surface area contributed by atoms with Crippen molar-refractivity contribution in [3.8, 4) is 0 Å². The van der Waals surface area contributed by atoms with Crippen LogP contribution in [0.25, 0.3) is 0 Å². The molecule has 1 unspecified atom stereocenters. The van der Waals surface area contributed by atoms with E-state index in [9.17, 15) is 0 Å². The van der Waals surface area contributed by atoms with Crippen LogP contribution in [0.15, 0.2) is 24.3 Å². The molecule has 0 N–H and O–H groups in total. The molecule has 0 spiro atoms. The highest BCUT2D eigenvalue weighted by molar-refractivity contribution is 7.82. The molecule has 0 saturated carbocycles. The quantitative estimate of drug-likeness (QED) is 0.496. The molecule has 13 heavy (non-hydrogen) atoms. The third kappa shape index (κ3) is 4.04. The predicted molar refractivity (Wildman–Crippen MR) is 63.4 cm³/mol. The lowest BCUT2D eigenvalue weighted by atomic mass is 9.93. The number of hydrogen-bond acceptors (Lipinski definition) is 1. The minimum atomic E-state index is 0.155. The van der Waals surface area contributed by atoms with Gasteiger partial charge in [-0.25, -0.2) is 0 Å². The van der Waals surface area contributed by atoms with Gasteiger partial charge in [-0.2, -0.15) is 12.6 Å². The lowest BCUT2D eigenvalue weighted by Gasteiger charge is -2.25. The largest absolute Gasteiger partial charge is 0.168 e. The second-order valence-electron chi connectivity index (χ2n) is 3.91. The van der Waals surface area contributed by atoms with Gasteiger partial charge in [0.05, 0.1) is 0 Å².